The zero-order valence-electron chi connectivity index (χ0n) is 13.6. The van der Waals surface area contributed by atoms with Gasteiger partial charge in [-0.25, -0.2) is 0 Å². The minimum atomic E-state index is 0.244. The average Bonchev–Trinajstić information content (AvgIpc) is 2.23. The summed E-state index contributed by atoms with van der Waals surface area (Å²) in [7, 11) is 0. The van der Waals surface area contributed by atoms with Crippen molar-refractivity contribution in [3.8, 4) is 0 Å². The first-order valence-corrected chi connectivity index (χ1v) is 7.67. The van der Waals surface area contributed by atoms with Crippen LogP contribution in [0, 0.1) is 10.8 Å². The lowest BCUT2D eigenvalue weighted by atomic mass is 9.74. The van der Waals surface area contributed by atoms with Crippen LogP contribution in [0.2, 0.25) is 0 Å². The van der Waals surface area contributed by atoms with E-state index in [0.29, 0.717) is 11.5 Å². The predicted molar refractivity (Wildman–Crippen MR) is 81.6 cm³/mol. The maximum absolute atomic E-state index is 3.86. The molecule has 1 atom stereocenters. The number of hydrogen-bond acceptors (Lipinski definition) is 1. The lowest BCUT2D eigenvalue weighted by molar-refractivity contribution is 0.330. The zero-order valence-corrected chi connectivity index (χ0v) is 13.6. The van der Waals surface area contributed by atoms with Crippen molar-refractivity contribution in [2.45, 2.75) is 86.6 Å². The summed E-state index contributed by atoms with van der Waals surface area (Å²) < 4.78 is 0. The first kappa shape index (κ1) is 15.6. The van der Waals surface area contributed by atoms with E-state index in [9.17, 15) is 0 Å². The van der Waals surface area contributed by atoms with E-state index in [0.717, 1.165) is 0 Å². The van der Waals surface area contributed by atoms with Crippen molar-refractivity contribution in [1.82, 2.24) is 5.32 Å². The van der Waals surface area contributed by atoms with Crippen LogP contribution in [0.4, 0.5) is 0 Å². The fourth-order valence-electron chi connectivity index (χ4n) is 2.89. The van der Waals surface area contributed by atoms with Gasteiger partial charge < -0.3 is 5.32 Å². The van der Waals surface area contributed by atoms with Crippen molar-refractivity contribution in [3.63, 3.8) is 0 Å². The van der Waals surface area contributed by atoms with Gasteiger partial charge in [0, 0.05) is 17.2 Å². The third-order valence-corrected chi connectivity index (χ3v) is 3.95. The number of unbranched alkanes of at least 4 members (excludes halogenated alkanes) is 1. The predicted octanol–water partition coefficient (Wildman–Crippen LogP) is 5.27. The molecule has 0 aromatic rings. The largest absolute Gasteiger partial charge is 0.385 e. The minimum Gasteiger partial charge on any atom is -0.385 e. The Balaban J connectivity index is 2.93. The molecule has 1 aliphatic rings. The molecular weight excluding hydrogens is 218 g/mol. The van der Waals surface area contributed by atoms with Crippen LogP contribution >= 0.6 is 0 Å². The Bertz CT molecular complexity index is 299. The third kappa shape index (κ3) is 4.03. The molecule has 0 aromatic carbocycles. The van der Waals surface area contributed by atoms with Gasteiger partial charge in [-0.15, -0.1) is 0 Å². The molecule has 18 heavy (non-hydrogen) atoms. The van der Waals surface area contributed by atoms with E-state index in [4.69, 9.17) is 0 Å². The number of hydrogen-bond donors (Lipinski definition) is 1. The van der Waals surface area contributed by atoms with E-state index in [-0.39, 0.29) is 5.41 Å². The molecule has 1 N–H and O–H groups in total. The second-order valence-corrected chi connectivity index (χ2v) is 7.88. The normalized spacial score (nSPS) is 22.1. The van der Waals surface area contributed by atoms with Gasteiger partial charge in [-0.2, -0.15) is 0 Å². The SMILES string of the molecule is CCCCC1CCC(C(C)(C)C)=C(C(C)(C)C)N1. The van der Waals surface area contributed by atoms with Gasteiger partial charge in [-0.1, -0.05) is 61.3 Å². The van der Waals surface area contributed by atoms with Crippen molar-refractivity contribution in [1.29, 1.82) is 0 Å². The van der Waals surface area contributed by atoms with E-state index in [1.54, 1.807) is 5.57 Å². The fraction of sp³-hybridized carbons (Fsp3) is 0.882. The smallest absolute Gasteiger partial charge is 0.0261 e. The molecule has 1 unspecified atom stereocenters. The highest BCUT2D eigenvalue weighted by atomic mass is 15.0. The van der Waals surface area contributed by atoms with E-state index in [2.05, 4.69) is 53.8 Å². The Kier molecular flexibility index (Phi) is 4.91. The van der Waals surface area contributed by atoms with Gasteiger partial charge in [0.1, 0.15) is 0 Å². The second kappa shape index (κ2) is 5.67. The monoisotopic (exact) mass is 251 g/mol. The molecule has 0 bridgehead atoms. The Morgan fingerprint density at radius 1 is 1.06 bits per heavy atom. The van der Waals surface area contributed by atoms with Gasteiger partial charge in [0.25, 0.3) is 0 Å². The molecule has 1 aliphatic heterocycles. The van der Waals surface area contributed by atoms with Gasteiger partial charge in [0.05, 0.1) is 0 Å². The summed E-state index contributed by atoms with van der Waals surface area (Å²) in [5, 5.41) is 3.86. The van der Waals surface area contributed by atoms with Gasteiger partial charge in [0.15, 0.2) is 0 Å². The third-order valence-electron chi connectivity index (χ3n) is 3.95. The average molecular weight is 251 g/mol. The van der Waals surface area contributed by atoms with Crippen LogP contribution in [-0.2, 0) is 0 Å². The van der Waals surface area contributed by atoms with Crippen LogP contribution in [0.25, 0.3) is 0 Å². The molecule has 0 spiro atoms. The maximum Gasteiger partial charge on any atom is 0.0261 e. The van der Waals surface area contributed by atoms with Gasteiger partial charge >= 0.3 is 0 Å². The van der Waals surface area contributed by atoms with Crippen LogP contribution in [-0.4, -0.2) is 6.04 Å². The first-order chi connectivity index (χ1) is 8.16. The summed E-state index contributed by atoms with van der Waals surface area (Å²) in [5.41, 5.74) is 3.70. The molecule has 1 heterocycles. The Morgan fingerprint density at radius 3 is 2.11 bits per heavy atom. The molecule has 0 aliphatic carbocycles. The van der Waals surface area contributed by atoms with Crippen molar-refractivity contribution >= 4 is 0 Å². The van der Waals surface area contributed by atoms with E-state index in [1.807, 2.05) is 0 Å². The van der Waals surface area contributed by atoms with Crippen LogP contribution in [0.1, 0.15) is 80.6 Å². The Hall–Kier alpha value is -0.460. The van der Waals surface area contributed by atoms with Gasteiger partial charge in [-0.05, 0) is 30.3 Å². The fourth-order valence-corrected chi connectivity index (χ4v) is 2.89. The Morgan fingerprint density at radius 2 is 1.67 bits per heavy atom. The number of nitrogens with one attached hydrogen (secondary N) is 1. The molecule has 106 valence electrons. The molecule has 1 heteroatoms. The highest BCUT2D eigenvalue weighted by Gasteiger charge is 2.32. The maximum atomic E-state index is 3.86. The molecular formula is C17H33N. The number of rotatable bonds is 3. The van der Waals surface area contributed by atoms with Gasteiger partial charge in [0.2, 0.25) is 0 Å². The summed E-state index contributed by atoms with van der Waals surface area (Å²) in [4.78, 5) is 0. The van der Waals surface area contributed by atoms with Crippen LogP contribution in [0.15, 0.2) is 11.3 Å². The molecule has 0 saturated heterocycles. The lowest BCUT2D eigenvalue weighted by Gasteiger charge is -2.40. The van der Waals surface area contributed by atoms with Crippen LogP contribution < -0.4 is 5.32 Å². The van der Waals surface area contributed by atoms with E-state index < -0.39 is 0 Å². The van der Waals surface area contributed by atoms with E-state index in [1.165, 1.54) is 37.8 Å². The van der Waals surface area contributed by atoms with Crippen LogP contribution in [0.3, 0.4) is 0 Å². The topological polar surface area (TPSA) is 12.0 Å². The van der Waals surface area contributed by atoms with Crippen LogP contribution in [0.5, 0.6) is 0 Å². The highest BCUT2D eigenvalue weighted by molar-refractivity contribution is 5.26. The summed E-state index contributed by atoms with van der Waals surface area (Å²) >= 11 is 0. The van der Waals surface area contributed by atoms with Crippen molar-refractivity contribution in [2.24, 2.45) is 10.8 Å². The Labute approximate surface area is 114 Å². The quantitative estimate of drug-likeness (QED) is 0.720. The molecule has 0 fully saturated rings. The number of allylic oxidation sites excluding steroid dienone is 2. The van der Waals surface area contributed by atoms with Gasteiger partial charge in [-0.3, -0.25) is 0 Å². The molecule has 0 saturated carbocycles. The van der Waals surface area contributed by atoms with E-state index >= 15 is 0 Å². The zero-order chi connectivity index (χ0) is 14.0. The summed E-state index contributed by atoms with van der Waals surface area (Å²) in [6.45, 7) is 16.3. The first-order valence-electron chi connectivity index (χ1n) is 7.67. The molecule has 1 rings (SSSR count). The summed E-state index contributed by atoms with van der Waals surface area (Å²) in [5.74, 6) is 0. The molecule has 0 radical (unpaired) electrons. The second-order valence-electron chi connectivity index (χ2n) is 7.88. The van der Waals surface area contributed by atoms with Crippen molar-refractivity contribution in [2.75, 3.05) is 0 Å². The standard InChI is InChI=1S/C17H33N/c1-8-9-10-13-11-12-14(16(2,3)4)15(18-13)17(5,6)7/h13,18H,8-12H2,1-7H3. The molecule has 0 aromatic heterocycles. The van der Waals surface area contributed by atoms with Crippen molar-refractivity contribution < 1.29 is 0 Å². The lowest BCUT2D eigenvalue weighted by Crippen LogP contribution is -2.40. The highest BCUT2D eigenvalue weighted by Crippen LogP contribution is 2.40. The summed E-state index contributed by atoms with van der Waals surface area (Å²) in [6, 6.07) is 0.699. The van der Waals surface area contributed by atoms with Crippen molar-refractivity contribution in [3.05, 3.63) is 11.3 Å². The molecule has 1 nitrogen and oxygen atoms in total. The summed E-state index contributed by atoms with van der Waals surface area (Å²) in [6.07, 6.45) is 6.57. The minimum absolute atomic E-state index is 0.244. The molecule has 0 amide bonds.